The van der Waals surface area contributed by atoms with Gasteiger partial charge in [-0.15, -0.1) is 0 Å². The van der Waals surface area contributed by atoms with Crippen LogP contribution in [-0.4, -0.2) is 108 Å². The van der Waals surface area contributed by atoms with Gasteiger partial charge in [0.25, 0.3) is 0 Å². The standard InChI is InChI=1S/C9H11NO3.C5H11NO2.C4H8N2O3.C4H9NO3.C2H5NO2/c10-8(9(12)13)5-6-1-3-7(11)4-2-6;1-3(2)4(6)5(7)8;5-2(4(8)9)1-3(6)7;1-2(6)3(5)4(7)8;3-1-2(4)5/h1-4,8,11H,5,10H2,(H,12,13);3-4H,6H2,1-2H3,(H,7,8);2H,1,5H2,(H2,6,7)(H,8,9);2-3,6H,5H2,1H3,(H,7,8);1,3H2,(H,4,5). The quantitative estimate of drug-likeness (QED) is 0.113. The zero-order valence-electron chi connectivity index (χ0n) is 23.9. The number of phenolic OH excluding ortho intramolecular Hbond substituents is 1. The number of nitrogens with two attached hydrogens (primary N) is 6. The first-order valence-corrected chi connectivity index (χ1v) is 12.1. The number of carboxylic acids is 5. The molecule has 0 spiro atoms. The molecule has 1 aromatic carbocycles. The van der Waals surface area contributed by atoms with E-state index < -0.39 is 66.0 Å². The maximum Gasteiger partial charge on any atom is 0.323 e. The number of benzene rings is 1. The average molecular weight is 625 g/mol. The lowest BCUT2D eigenvalue weighted by Gasteiger charge is -2.07. The summed E-state index contributed by atoms with van der Waals surface area (Å²) < 4.78 is 0. The molecule has 0 aliphatic heterocycles. The molecule has 5 atom stereocenters. The van der Waals surface area contributed by atoms with Crippen molar-refractivity contribution in [3.8, 4) is 5.75 Å². The number of rotatable bonds is 11. The lowest BCUT2D eigenvalue weighted by atomic mass is 10.1. The summed E-state index contributed by atoms with van der Waals surface area (Å²) in [7, 11) is 0. The van der Waals surface area contributed by atoms with Gasteiger partial charge in [0, 0.05) is 0 Å². The van der Waals surface area contributed by atoms with E-state index in [1.165, 1.54) is 19.1 Å². The second-order valence-electron chi connectivity index (χ2n) is 8.74. The third-order valence-electron chi connectivity index (χ3n) is 4.43. The first kappa shape index (κ1) is 45.6. The van der Waals surface area contributed by atoms with Gasteiger partial charge in [0.2, 0.25) is 5.91 Å². The number of aromatic hydroxyl groups is 1. The van der Waals surface area contributed by atoms with Crippen LogP contribution in [0.1, 0.15) is 32.8 Å². The van der Waals surface area contributed by atoms with Gasteiger partial charge < -0.3 is 70.1 Å². The molecule has 43 heavy (non-hydrogen) atoms. The van der Waals surface area contributed by atoms with Crippen molar-refractivity contribution in [2.45, 2.75) is 63.9 Å². The SMILES string of the molecule is CC(C)C(N)C(=O)O.CC(O)C(N)C(=O)O.NC(=O)CC(N)C(=O)O.NC(Cc1ccc(O)cc1)C(=O)O.NCC(=O)O. The number of hydrogen-bond acceptors (Lipinski definition) is 13. The fourth-order valence-corrected chi connectivity index (χ4v) is 1.77. The number of aliphatic hydroxyl groups is 1. The minimum absolute atomic E-state index is 0.0208. The average Bonchev–Trinajstić information content (AvgIpc) is 2.89. The highest BCUT2D eigenvalue weighted by atomic mass is 16.4. The van der Waals surface area contributed by atoms with Gasteiger partial charge in [0.05, 0.1) is 19.1 Å². The lowest BCUT2D eigenvalue weighted by Crippen LogP contribution is -2.39. The summed E-state index contributed by atoms with van der Waals surface area (Å²) in [4.78, 5) is 59.4. The van der Waals surface area contributed by atoms with Crippen molar-refractivity contribution in [3.05, 3.63) is 29.8 Å². The van der Waals surface area contributed by atoms with Crippen LogP contribution in [0.4, 0.5) is 0 Å². The zero-order chi connectivity index (χ0) is 35.0. The minimum Gasteiger partial charge on any atom is -0.508 e. The molecule has 19 heteroatoms. The third-order valence-corrected chi connectivity index (χ3v) is 4.43. The zero-order valence-corrected chi connectivity index (χ0v) is 23.9. The Labute approximate surface area is 247 Å². The van der Waals surface area contributed by atoms with Crippen molar-refractivity contribution in [1.29, 1.82) is 0 Å². The molecule has 1 aromatic rings. The smallest absolute Gasteiger partial charge is 0.323 e. The molecule has 0 aliphatic rings. The Hall–Kier alpha value is -4.40. The topological polar surface area (TPSA) is 400 Å². The first-order valence-electron chi connectivity index (χ1n) is 12.1. The van der Waals surface area contributed by atoms with Crippen molar-refractivity contribution >= 4 is 35.8 Å². The van der Waals surface area contributed by atoms with Crippen molar-refractivity contribution in [3.63, 3.8) is 0 Å². The highest BCUT2D eigenvalue weighted by Crippen LogP contribution is 2.10. The van der Waals surface area contributed by atoms with Crippen LogP contribution in [0.3, 0.4) is 0 Å². The molecular formula is C24H44N6O13. The highest BCUT2D eigenvalue weighted by molar-refractivity contribution is 5.83. The van der Waals surface area contributed by atoms with Gasteiger partial charge in [0.15, 0.2) is 0 Å². The Morgan fingerprint density at radius 2 is 1.07 bits per heavy atom. The Morgan fingerprint density at radius 1 is 0.698 bits per heavy atom. The summed E-state index contributed by atoms with van der Waals surface area (Å²) in [6.07, 6.45) is -1.02. The molecule has 0 aliphatic carbocycles. The normalized spacial score (nSPS) is 13.1. The van der Waals surface area contributed by atoms with Crippen molar-refractivity contribution in [2.75, 3.05) is 6.54 Å². The Morgan fingerprint density at radius 3 is 1.23 bits per heavy atom. The number of carboxylic acid groups (broad SMARTS) is 5. The van der Waals surface area contributed by atoms with Crippen LogP contribution < -0.4 is 34.4 Å². The third kappa shape index (κ3) is 30.4. The highest BCUT2D eigenvalue weighted by Gasteiger charge is 2.16. The van der Waals surface area contributed by atoms with E-state index in [1.807, 2.05) is 0 Å². The van der Waals surface area contributed by atoms with E-state index in [1.54, 1.807) is 26.0 Å². The van der Waals surface area contributed by atoms with E-state index in [-0.39, 0.29) is 31.1 Å². The second kappa shape index (κ2) is 25.3. The van der Waals surface area contributed by atoms with Crippen molar-refractivity contribution in [2.24, 2.45) is 40.3 Å². The van der Waals surface area contributed by atoms with E-state index >= 15 is 0 Å². The van der Waals surface area contributed by atoms with Crippen LogP contribution in [0.25, 0.3) is 0 Å². The fraction of sp³-hybridized carbons (Fsp3) is 0.500. The number of amides is 1. The van der Waals surface area contributed by atoms with Crippen LogP contribution >= 0.6 is 0 Å². The van der Waals surface area contributed by atoms with Gasteiger partial charge in [-0.25, -0.2) is 0 Å². The van der Waals surface area contributed by atoms with Crippen molar-refractivity contribution in [1.82, 2.24) is 0 Å². The number of aliphatic carboxylic acids is 5. The Kier molecular flexibility index (Phi) is 26.8. The summed E-state index contributed by atoms with van der Waals surface area (Å²) in [6.45, 7) is 4.61. The molecule has 5 unspecified atom stereocenters. The molecule has 0 saturated heterocycles. The van der Waals surface area contributed by atoms with Gasteiger partial charge in [-0.1, -0.05) is 26.0 Å². The summed E-state index contributed by atoms with van der Waals surface area (Å²) in [5, 5.41) is 58.0. The Balaban J connectivity index is -0.000000229. The largest absolute Gasteiger partial charge is 0.508 e. The van der Waals surface area contributed by atoms with Gasteiger partial charge >= 0.3 is 29.8 Å². The molecule has 1 rings (SSSR count). The molecule has 0 fully saturated rings. The van der Waals surface area contributed by atoms with Crippen LogP contribution in [-0.2, 0) is 35.2 Å². The predicted molar refractivity (Wildman–Crippen MR) is 151 cm³/mol. The summed E-state index contributed by atoms with van der Waals surface area (Å²) in [5.74, 6) is -5.84. The lowest BCUT2D eigenvalue weighted by molar-refractivity contribution is -0.141. The van der Waals surface area contributed by atoms with E-state index in [0.29, 0.717) is 0 Å². The van der Waals surface area contributed by atoms with Gasteiger partial charge in [-0.05, 0) is 37.0 Å². The molecule has 248 valence electrons. The summed E-state index contributed by atoms with van der Waals surface area (Å²) in [6, 6.07) is 2.39. The van der Waals surface area contributed by atoms with Crippen molar-refractivity contribution < 1.29 is 64.5 Å². The maximum absolute atomic E-state index is 10.4. The molecule has 0 saturated carbocycles. The molecular weight excluding hydrogens is 580 g/mol. The summed E-state index contributed by atoms with van der Waals surface area (Å²) in [5.41, 5.74) is 30.3. The van der Waals surface area contributed by atoms with E-state index in [0.717, 1.165) is 5.56 Å². The molecule has 0 radical (unpaired) electrons. The van der Waals surface area contributed by atoms with E-state index in [2.05, 4.69) is 11.5 Å². The molecule has 0 bridgehead atoms. The van der Waals surface area contributed by atoms with Crippen LogP contribution in [0.5, 0.6) is 5.75 Å². The molecule has 19 N–H and O–H groups in total. The van der Waals surface area contributed by atoms with Crippen LogP contribution in [0.15, 0.2) is 24.3 Å². The number of carbonyl (C=O) groups is 6. The monoisotopic (exact) mass is 624 g/mol. The van der Waals surface area contributed by atoms with E-state index in [4.69, 9.17) is 58.7 Å². The van der Waals surface area contributed by atoms with Crippen LogP contribution in [0.2, 0.25) is 0 Å². The van der Waals surface area contributed by atoms with E-state index in [9.17, 15) is 28.8 Å². The van der Waals surface area contributed by atoms with Gasteiger partial charge in [-0.2, -0.15) is 0 Å². The molecule has 19 nitrogen and oxygen atoms in total. The summed E-state index contributed by atoms with van der Waals surface area (Å²) >= 11 is 0. The van der Waals surface area contributed by atoms with Gasteiger partial charge in [-0.3, -0.25) is 28.8 Å². The number of aliphatic hydroxyl groups excluding tert-OH is 1. The first-order chi connectivity index (χ1) is 19.5. The van der Waals surface area contributed by atoms with Crippen LogP contribution in [0, 0.1) is 5.92 Å². The molecule has 1 amide bonds. The number of carbonyl (C=O) groups excluding carboxylic acids is 1. The predicted octanol–water partition coefficient (Wildman–Crippen LogP) is -3.52. The number of phenols is 1. The molecule has 0 aromatic heterocycles. The Bertz CT molecular complexity index is 966. The number of hydrogen-bond donors (Lipinski definition) is 13. The fourth-order valence-electron chi connectivity index (χ4n) is 1.77. The maximum atomic E-state index is 10.4. The molecule has 0 heterocycles. The number of primary amides is 1. The minimum atomic E-state index is -1.21. The second-order valence-corrected chi connectivity index (χ2v) is 8.74. The van der Waals surface area contributed by atoms with Gasteiger partial charge in [0.1, 0.15) is 29.9 Å².